The van der Waals surface area contributed by atoms with Gasteiger partial charge < -0.3 is 9.88 Å². The third kappa shape index (κ3) is 1.93. The maximum absolute atomic E-state index is 4.15. The van der Waals surface area contributed by atoms with Crippen molar-refractivity contribution in [1.29, 1.82) is 0 Å². The highest BCUT2D eigenvalue weighted by atomic mass is 32.1. The van der Waals surface area contributed by atoms with Gasteiger partial charge in [-0.15, -0.1) is 11.3 Å². The summed E-state index contributed by atoms with van der Waals surface area (Å²) in [4.78, 5) is 8.25. The van der Waals surface area contributed by atoms with E-state index in [1.54, 1.807) is 17.5 Å². The Hall–Kier alpha value is -1.36. The topological polar surface area (TPSA) is 42.7 Å². The molecule has 0 unspecified atom stereocenters. The van der Waals surface area contributed by atoms with Gasteiger partial charge in [0.05, 0.1) is 18.6 Å². The molecule has 2 aromatic heterocycles. The van der Waals surface area contributed by atoms with E-state index in [2.05, 4.69) is 26.8 Å². The highest BCUT2D eigenvalue weighted by molar-refractivity contribution is 7.13. The fraction of sp³-hybridized carbons (Fsp3) is 0.333. The van der Waals surface area contributed by atoms with Gasteiger partial charge in [-0.3, -0.25) is 0 Å². The second-order valence-electron chi connectivity index (χ2n) is 2.86. The zero-order valence-electron chi connectivity index (χ0n) is 7.97. The molecule has 0 atom stereocenters. The monoisotopic (exact) mass is 208 g/mol. The Bertz CT molecular complexity index is 379. The second-order valence-corrected chi connectivity index (χ2v) is 3.76. The average Bonchev–Trinajstić information content (AvgIpc) is 2.85. The predicted molar refractivity (Wildman–Crippen MR) is 57.3 cm³/mol. The van der Waals surface area contributed by atoms with Gasteiger partial charge in [0, 0.05) is 24.3 Å². The third-order valence-corrected chi connectivity index (χ3v) is 2.72. The van der Waals surface area contributed by atoms with Crippen molar-refractivity contribution in [2.45, 2.75) is 20.0 Å². The summed E-state index contributed by atoms with van der Waals surface area (Å²) < 4.78 is 2.11. The lowest BCUT2D eigenvalue weighted by molar-refractivity contribution is 0.719. The van der Waals surface area contributed by atoms with Gasteiger partial charge in [0.1, 0.15) is 0 Å². The number of rotatable bonds is 4. The van der Waals surface area contributed by atoms with Crippen LogP contribution in [0.3, 0.4) is 0 Å². The minimum absolute atomic E-state index is 0.779. The van der Waals surface area contributed by atoms with Gasteiger partial charge in [-0.2, -0.15) is 0 Å². The number of nitrogens with one attached hydrogen (secondary N) is 1. The molecule has 1 N–H and O–H groups in total. The molecule has 14 heavy (non-hydrogen) atoms. The van der Waals surface area contributed by atoms with Crippen molar-refractivity contribution < 1.29 is 0 Å². The number of anilines is 1. The zero-order chi connectivity index (χ0) is 9.80. The van der Waals surface area contributed by atoms with E-state index in [9.17, 15) is 0 Å². The predicted octanol–water partition coefficient (Wildman–Crippen LogP) is 1.97. The summed E-state index contributed by atoms with van der Waals surface area (Å²) in [7, 11) is 0. The lowest BCUT2D eigenvalue weighted by Gasteiger charge is -2.05. The summed E-state index contributed by atoms with van der Waals surface area (Å²) in [6.45, 7) is 3.84. The minimum atomic E-state index is 0.779. The summed E-state index contributed by atoms with van der Waals surface area (Å²) in [5.74, 6) is 0. The van der Waals surface area contributed by atoms with Crippen molar-refractivity contribution in [1.82, 2.24) is 14.5 Å². The quantitative estimate of drug-likeness (QED) is 0.835. The molecule has 0 fully saturated rings. The molecule has 0 saturated heterocycles. The van der Waals surface area contributed by atoms with E-state index in [0.29, 0.717) is 0 Å². The van der Waals surface area contributed by atoms with Crippen LogP contribution in [0, 0.1) is 0 Å². The van der Waals surface area contributed by atoms with Crippen molar-refractivity contribution in [2.24, 2.45) is 0 Å². The maximum Gasteiger partial charge on any atom is 0.182 e. The Morgan fingerprint density at radius 3 is 3.21 bits per heavy atom. The van der Waals surface area contributed by atoms with Gasteiger partial charge in [-0.25, -0.2) is 9.97 Å². The first-order valence-corrected chi connectivity index (χ1v) is 5.40. The molecule has 0 aliphatic rings. The largest absolute Gasteiger partial charge is 0.356 e. The lowest BCUT2D eigenvalue weighted by Crippen LogP contribution is -2.05. The van der Waals surface area contributed by atoms with E-state index in [-0.39, 0.29) is 0 Å². The first-order chi connectivity index (χ1) is 6.90. The van der Waals surface area contributed by atoms with Crippen molar-refractivity contribution in [2.75, 3.05) is 5.32 Å². The number of hydrogen-bond donors (Lipinski definition) is 1. The van der Waals surface area contributed by atoms with Crippen LogP contribution in [0.25, 0.3) is 0 Å². The van der Waals surface area contributed by atoms with Crippen LogP contribution in [-0.2, 0) is 13.1 Å². The van der Waals surface area contributed by atoms with Gasteiger partial charge in [0.15, 0.2) is 5.13 Å². The van der Waals surface area contributed by atoms with Crippen LogP contribution in [0.2, 0.25) is 0 Å². The SMILES string of the molecule is CCn1cncc1CNc1nccs1. The maximum atomic E-state index is 4.15. The van der Waals surface area contributed by atoms with Crippen LogP contribution in [0.15, 0.2) is 24.1 Å². The fourth-order valence-corrected chi connectivity index (χ4v) is 1.78. The summed E-state index contributed by atoms with van der Waals surface area (Å²) >= 11 is 1.61. The molecule has 0 spiro atoms. The van der Waals surface area contributed by atoms with Crippen molar-refractivity contribution in [3.63, 3.8) is 0 Å². The Kier molecular flexibility index (Phi) is 2.78. The number of nitrogens with zero attached hydrogens (tertiary/aromatic N) is 3. The smallest absolute Gasteiger partial charge is 0.182 e. The van der Waals surface area contributed by atoms with E-state index < -0.39 is 0 Å². The van der Waals surface area contributed by atoms with Crippen LogP contribution >= 0.6 is 11.3 Å². The molecular weight excluding hydrogens is 196 g/mol. The standard InChI is InChI=1S/C9H12N4S/c1-2-13-7-10-5-8(13)6-12-9-11-3-4-14-9/h3-5,7H,2,6H2,1H3,(H,11,12). The molecule has 0 bridgehead atoms. The molecule has 0 aliphatic carbocycles. The molecular formula is C9H12N4S. The molecule has 0 saturated carbocycles. The second kappa shape index (κ2) is 4.23. The number of thiazole rings is 1. The normalized spacial score (nSPS) is 10.4. The van der Waals surface area contributed by atoms with Crippen LogP contribution in [-0.4, -0.2) is 14.5 Å². The average molecular weight is 208 g/mol. The minimum Gasteiger partial charge on any atom is -0.356 e. The highest BCUT2D eigenvalue weighted by Gasteiger charge is 2.00. The van der Waals surface area contributed by atoms with Crippen LogP contribution in [0.4, 0.5) is 5.13 Å². The zero-order valence-corrected chi connectivity index (χ0v) is 8.79. The van der Waals surface area contributed by atoms with E-state index in [1.165, 1.54) is 5.69 Å². The molecule has 2 rings (SSSR count). The molecule has 0 radical (unpaired) electrons. The molecule has 2 aromatic rings. The summed E-state index contributed by atoms with van der Waals surface area (Å²) in [6, 6.07) is 0. The highest BCUT2D eigenvalue weighted by Crippen LogP contribution is 2.11. The summed E-state index contributed by atoms with van der Waals surface area (Å²) in [5, 5.41) is 6.16. The lowest BCUT2D eigenvalue weighted by atomic mass is 10.4. The molecule has 74 valence electrons. The number of aryl methyl sites for hydroxylation is 1. The van der Waals surface area contributed by atoms with Crippen molar-refractivity contribution in [3.05, 3.63) is 29.8 Å². The summed E-state index contributed by atoms with van der Waals surface area (Å²) in [5.41, 5.74) is 1.18. The molecule has 2 heterocycles. The number of hydrogen-bond acceptors (Lipinski definition) is 4. The molecule has 0 amide bonds. The van der Waals surface area contributed by atoms with E-state index >= 15 is 0 Å². The van der Waals surface area contributed by atoms with Crippen molar-refractivity contribution >= 4 is 16.5 Å². The Balaban J connectivity index is 1.98. The van der Waals surface area contributed by atoms with Gasteiger partial charge in [0.2, 0.25) is 0 Å². The summed E-state index contributed by atoms with van der Waals surface area (Å²) in [6.07, 6.45) is 5.52. The van der Waals surface area contributed by atoms with Gasteiger partial charge in [-0.05, 0) is 6.92 Å². The fourth-order valence-electron chi connectivity index (χ4n) is 1.26. The van der Waals surface area contributed by atoms with Crippen LogP contribution < -0.4 is 5.32 Å². The molecule has 0 aromatic carbocycles. The third-order valence-electron chi connectivity index (χ3n) is 1.99. The van der Waals surface area contributed by atoms with Gasteiger partial charge >= 0.3 is 0 Å². The molecule has 5 heteroatoms. The van der Waals surface area contributed by atoms with Crippen LogP contribution in [0.1, 0.15) is 12.6 Å². The molecule has 4 nitrogen and oxygen atoms in total. The van der Waals surface area contributed by atoms with Crippen LogP contribution in [0.5, 0.6) is 0 Å². The first-order valence-electron chi connectivity index (χ1n) is 4.52. The van der Waals surface area contributed by atoms with E-state index in [4.69, 9.17) is 0 Å². The Morgan fingerprint density at radius 2 is 2.50 bits per heavy atom. The van der Waals surface area contributed by atoms with Gasteiger partial charge in [-0.1, -0.05) is 0 Å². The Labute approximate surface area is 86.6 Å². The molecule has 0 aliphatic heterocycles. The Morgan fingerprint density at radius 1 is 1.57 bits per heavy atom. The van der Waals surface area contributed by atoms with E-state index in [0.717, 1.165) is 18.2 Å². The van der Waals surface area contributed by atoms with Crippen molar-refractivity contribution in [3.8, 4) is 0 Å². The van der Waals surface area contributed by atoms with E-state index in [1.807, 2.05) is 17.9 Å². The first kappa shape index (κ1) is 9.21. The number of aromatic nitrogens is 3. The number of imidazole rings is 1. The van der Waals surface area contributed by atoms with Gasteiger partial charge in [0.25, 0.3) is 0 Å².